The lowest BCUT2D eigenvalue weighted by molar-refractivity contribution is 0.824. The van der Waals surface area contributed by atoms with Crippen LogP contribution in [0.15, 0.2) is 42.6 Å². The first-order valence-electron chi connectivity index (χ1n) is 7.95. The lowest BCUT2D eigenvalue weighted by Crippen LogP contribution is -2.25. The summed E-state index contributed by atoms with van der Waals surface area (Å²) < 4.78 is 0. The Balaban J connectivity index is 1.88. The summed E-state index contributed by atoms with van der Waals surface area (Å²) in [5.74, 6) is 0. The third-order valence-electron chi connectivity index (χ3n) is 4.63. The lowest BCUT2D eigenvalue weighted by Gasteiger charge is -2.30. The Labute approximate surface area is 135 Å². The number of hydrogen-bond acceptors (Lipinski definition) is 3. The number of nitrogens with zero attached hydrogens (tertiary/aromatic N) is 2. The van der Waals surface area contributed by atoms with Crippen LogP contribution in [0.2, 0.25) is 0 Å². The summed E-state index contributed by atoms with van der Waals surface area (Å²) in [7, 11) is 0. The minimum Gasteiger partial charge on any atom is -0.399 e. The molecule has 0 amide bonds. The number of anilines is 2. The molecule has 0 aliphatic carbocycles. The summed E-state index contributed by atoms with van der Waals surface area (Å²) in [6.07, 6.45) is 1.93. The van der Waals surface area contributed by atoms with E-state index in [9.17, 15) is 0 Å². The largest absolute Gasteiger partial charge is 0.399 e. The predicted octanol–water partition coefficient (Wildman–Crippen LogP) is 3.97. The molecule has 0 atom stereocenters. The molecular weight excluding hydrogens is 284 g/mol. The number of nitrogens with two attached hydrogens (primary N) is 1. The van der Waals surface area contributed by atoms with E-state index in [-0.39, 0.29) is 0 Å². The molecule has 0 saturated carbocycles. The summed E-state index contributed by atoms with van der Waals surface area (Å²) >= 11 is 0. The van der Waals surface area contributed by atoms with Crippen LogP contribution in [0.5, 0.6) is 0 Å². The first kappa shape index (κ1) is 13.9. The number of rotatable bonds is 2. The van der Waals surface area contributed by atoms with Crippen molar-refractivity contribution < 1.29 is 0 Å². The second kappa shape index (κ2) is 5.16. The maximum atomic E-state index is 5.88. The molecule has 0 fully saturated rings. The fraction of sp³-hybridized carbons (Fsp3) is 0.211. The molecule has 1 aromatic heterocycles. The Morgan fingerprint density at radius 3 is 2.78 bits per heavy atom. The molecule has 0 spiro atoms. The third-order valence-corrected chi connectivity index (χ3v) is 4.63. The molecule has 23 heavy (non-hydrogen) atoms. The van der Waals surface area contributed by atoms with Gasteiger partial charge in [-0.25, -0.2) is 0 Å². The lowest BCUT2D eigenvalue weighted by atomic mass is 9.94. The highest BCUT2D eigenvalue weighted by Crippen LogP contribution is 2.40. The smallest absolute Gasteiger partial charge is 0.0720 e. The van der Waals surface area contributed by atoms with E-state index in [1.54, 1.807) is 0 Å². The molecule has 0 unspecified atom stereocenters. The first-order chi connectivity index (χ1) is 11.2. The second-order valence-corrected chi connectivity index (χ2v) is 6.09. The highest BCUT2D eigenvalue weighted by molar-refractivity contribution is 5.86. The summed E-state index contributed by atoms with van der Waals surface area (Å²) in [4.78, 5) is 2.39. The van der Waals surface area contributed by atoms with E-state index in [1.807, 2.05) is 18.3 Å². The van der Waals surface area contributed by atoms with Crippen LogP contribution in [0.3, 0.4) is 0 Å². The van der Waals surface area contributed by atoms with Crippen molar-refractivity contribution in [2.45, 2.75) is 20.4 Å². The van der Waals surface area contributed by atoms with Crippen LogP contribution in [0.1, 0.15) is 18.1 Å². The zero-order valence-electron chi connectivity index (χ0n) is 13.4. The van der Waals surface area contributed by atoms with Gasteiger partial charge in [-0.3, -0.25) is 5.10 Å². The van der Waals surface area contributed by atoms with Crippen molar-refractivity contribution in [1.29, 1.82) is 0 Å². The number of nitrogen functional groups attached to an aromatic ring is 1. The zero-order valence-corrected chi connectivity index (χ0v) is 13.4. The van der Waals surface area contributed by atoms with E-state index in [2.05, 4.69) is 53.2 Å². The van der Waals surface area contributed by atoms with Gasteiger partial charge in [-0.1, -0.05) is 18.2 Å². The average Bonchev–Trinajstić information content (AvgIpc) is 3.02. The number of benzene rings is 2. The van der Waals surface area contributed by atoms with E-state index >= 15 is 0 Å². The molecule has 3 N–H and O–H groups in total. The average molecular weight is 304 g/mol. The normalized spacial score (nSPS) is 12.9. The number of aryl methyl sites for hydroxylation is 1. The minimum atomic E-state index is 0.807. The Bertz CT molecular complexity index is 879. The maximum Gasteiger partial charge on any atom is 0.0720 e. The quantitative estimate of drug-likeness (QED) is 0.704. The van der Waals surface area contributed by atoms with Gasteiger partial charge in [0.1, 0.15) is 0 Å². The van der Waals surface area contributed by atoms with Crippen LogP contribution >= 0.6 is 0 Å². The van der Waals surface area contributed by atoms with Gasteiger partial charge in [0.25, 0.3) is 0 Å². The van der Waals surface area contributed by atoms with Gasteiger partial charge in [-0.15, -0.1) is 0 Å². The molecular formula is C19H20N4. The van der Waals surface area contributed by atoms with Crippen molar-refractivity contribution in [3.05, 3.63) is 53.7 Å². The molecule has 4 rings (SSSR count). The molecule has 0 bridgehead atoms. The van der Waals surface area contributed by atoms with Crippen molar-refractivity contribution >= 4 is 11.4 Å². The van der Waals surface area contributed by atoms with Gasteiger partial charge in [0.05, 0.1) is 11.9 Å². The standard InChI is InChI=1S/C19H20N4/c1-3-23-11-14-10-21-22-19(14)17-6-4-13(9-18(17)23)16-7-5-15(20)8-12(16)2/h4-10H,3,11,20H2,1-2H3,(H,21,22). The number of aromatic nitrogens is 2. The van der Waals surface area contributed by atoms with Gasteiger partial charge in [0.2, 0.25) is 0 Å². The molecule has 0 saturated heterocycles. The molecule has 2 heterocycles. The van der Waals surface area contributed by atoms with E-state index in [4.69, 9.17) is 5.73 Å². The van der Waals surface area contributed by atoms with Crippen LogP contribution < -0.4 is 10.6 Å². The van der Waals surface area contributed by atoms with Crippen LogP contribution in [0, 0.1) is 6.92 Å². The van der Waals surface area contributed by atoms with Crippen LogP contribution in [0.25, 0.3) is 22.4 Å². The van der Waals surface area contributed by atoms with Gasteiger partial charge in [-0.05, 0) is 48.7 Å². The Morgan fingerprint density at radius 1 is 1.17 bits per heavy atom. The first-order valence-corrected chi connectivity index (χ1v) is 7.95. The van der Waals surface area contributed by atoms with E-state index < -0.39 is 0 Å². The Morgan fingerprint density at radius 2 is 2.00 bits per heavy atom. The molecule has 3 aromatic rings. The summed E-state index contributed by atoms with van der Waals surface area (Å²) in [5.41, 5.74) is 15.2. The van der Waals surface area contributed by atoms with Crippen LogP contribution in [-0.4, -0.2) is 16.7 Å². The predicted molar refractivity (Wildman–Crippen MR) is 95.3 cm³/mol. The number of fused-ring (bicyclic) bond motifs is 3. The third kappa shape index (κ3) is 2.18. The van der Waals surface area contributed by atoms with Crippen molar-refractivity contribution in [3.8, 4) is 22.4 Å². The fourth-order valence-corrected chi connectivity index (χ4v) is 3.42. The molecule has 0 radical (unpaired) electrons. The minimum absolute atomic E-state index is 0.807. The van der Waals surface area contributed by atoms with Gasteiger partial charge in [-0.2, -0.15) is 5.10 Å². The highest BCUT2D eigenvalue weighted by atomic mass is 15.2. The molecule has 4 heteroatoms. The van der Waals surface area contributed by atoms with Crippen molar-refractivity contribution in [1.82, 2.24) is 10.2 Å². The number of aromatic amines is 1. The highest BCUT2D eigenvalue weighted by Gasteiger charge is 2.23. The summed E-state index contributed by atoms with van der Waals surface area (Å²) in [6.45, 7) is 6.17. The van der Waals surface area contributed by atoms with E-state index in [1.165, 1.54) is 33.5 Å². The van der Waals surface area contributed by atoms with Crippen LogP contribution in [-0.2, 0) is 6.54 Å². The summed E-state index contributed by atoms with van der Waals surface area (Å²) in [6, 6.07) is 12.8. The second-order valence-electron chi connectivity index (χ2n) is 6.09. The van der Waals surface area contributed by atoms with Gasteiger partial charge < -0.3 is 10.6 Å². The SMILES string of the molecule is CCN1Cc2cn[nH]c2-c2ccc(-c3ccc(N)cc3C)cc21. The van der Waals surface area contributed by atoms with Crippen molar-refractivity contribution in [2.75, 3.05) is 17.2 Å². The summed E-state index contributed by atoms with van der Waals surface area (Å²) in [5, 5.41) is 7.35. The molecule has 4 nitrogen and oxygen atoms in total. The van der Waals surface area contributed by atoms with Crippen molar-refractivity contribution in [2.24, 2.45) is 0 Å². The maximum absolute atomic E-state index is 5.88. The molecule has 116 valence electrons. The number of hydrogen-bond donors (Lipinski definition) is 2. The van der Waals surface area contributed by atoms with E-state index in [0.29, 0.717) is 0 Å². The van der Waals surface area contributed by atoms with E-state index in [0.717, 1.165) is 24.5 Å². The number of nitrogens with one attached hydrogen (secondary N) is 1. The van der Waals surface area contributed by atoms with Gasteiger partial charge in [0.15, 0.2) is 0 Å². The van der Waals surface area contributed by atoms with Gasteiger partial charge >= 0.3 is 0 Å². The fourth-order valence-electron chi connectivity index (χ4n) is 3.42. The van der Waals surface area contributed by atoms with Crippen molar-refractivity contribution in [3.63, 3.8) is 0 Å². The Kier molecular flexibility index (Phi) is 3.11. The molecule has 2 aromatic carbocycles. The van der Waals surface area contributed by atoms with Crippen LogP contribution in [0.4, 0.5) is 11.4 Å². The molecule has 1 aliphatic heterocycles. The Hall–Kier alpha value is -2.75. The molecule has 1 aliphatic rings. The monoisotopic (exact) mass is 304 g/mol. The zero-order chi connectivity index (χ0) is 16.0. The van der Waals surface area contributed by atoms with Gasteiger partial charge in [0, 0.05) is 35.6 Å². The number of H-pyrrole nitrogens is 1. The topological polar surface area (TPSA) is 57.9 Å².